The SMILES string of the molecule is O=S(=O)(NCCNCCC(O)c1ccccc1)c1cc(-c2ccccc2)cc2cnccc12. The summed E-state index contributed by atoms with van der Waals surface area (Å²) >= 11 is 0. The molecule has 3 N–H and O–H groups in total. The number of aromatic nitrogens is 1. The summed E-state index contributed by atoms with van der Waals surface area (Å²) in [5.74, 6) is 0. The molecule has 6 nitrogen and oxygen atoms in total. The van der Waals surface area contributed by atoms with E-state index in [0.29, 0.717) is 24.9 Å². The summed E-state index contributed by atoms with van der Waals surface area (Å²) in [6.45, 7) is 1.28. The number of aliphatic hydroxyl groups is 1. The molecule has 0 spiro atoms. The van der Waals surface area contributed by atoms with E-state index in [1.807, 2.05) is 66.7 Å². The van der Waals surface area contributed by atoms with Gasteiger partial charge in [0.1, 0.15) is 0 Å². The Labute approximate surface area is 194 Å². The molecule has 0 radical (unpaired) electrons. The largest absolute Gasteiger partial charge is 0.388 e. The molecule has 0 aliphatic rings. The quantitative estimate of drug-likeness (QED) is 0.312. The first kappa shape index (κ1) is 23.1. The standard InChI is InChI=1S/C26H27N3O3S/c30-25(21-9-5-2-6-10-21)12-14-27-15-16-29-33(31,32)26-18-22(20-7-3-1-4-8-20)17-23-19-28-13-11-24(23)26/h1-11,13,17-19,25,27,29-30H,12,14-16H2. The highest BCUT2D eigenvalue weighted by Crippen LogP contribution is 2.30. The average Bonchev–Trinajstić information content (AvgIpc) is 2.86. The van der Waals surface area contributed by atoms with Crippen LogP contribution >= 0.6 is 0 Å². The van der Waals surface area contributed by atoms with E-state index >= 15 is 0 Å². The minimum atomic E-state index is -3.73. The van der Waals surface area contributed by atoms with Crippen molar-refractivity contribution in [1.29, 1.82) is 0 Å². The van der Waals surface area contributed by atoms with Crippen molar-refractivity contribution in [3.05, 3.63) is 96.8 Å². The molecule has 1 unspecified atom stereocenters. The van der Waals surface area contributed by atoms with Gasteiger partial charge in [0.2, 0.25) is 10.0 Å². The van der Waals surface area contributed by atoms with Crippen LogP contribution in [0.2, 0.25) is 0 Å². The van der Waals surface area contributed by atoms with E-state index in [-0.39, 0.29) is 11.4 Å². The van der Waals surface area contributed by atoms with E-state index in [1.165, 1.54) is 0 Å². The second-order valence-corrected chi connectivity index (χ2v) is 9.54. The zero-order chi connectivity index (χ0) is 23.1. The van der Waals surface area contributed by atoms with Crippen molar-refractivity contribution < 1.29 is 13.5 Å². The molecule has 33 heavy (non-hydrogen) atoms. The number of hydrogen-bond acceptors (Lipinski definition) is 5. The number of aliphatic hydroxyl groups excluding tert-OH is 1. The minimum Gasteiger partial charge on any atom is -0.388 e. The molecule has 1 aromatic heterocycles. The van der Waals surface area contributed by atoms with Crippen molar-refractivity contribution in [2.24, 2.45) is 0 Å². The Morgan fingerprint density at radius 2 is 1.58 bits per heavy atom. The summed E-state index contributed by atoms with van der Waals surface area (Å²) in [6, 6.07) is 24.6. The van der Waals surface area contributed by atoms with Crippen molar-refractivity contribution >= 4 is 20.8 Å². The number of nitrogens with one attached hydrogen (secondary N) is 2. The average molecular weight is 462 g/mol. The summed E-state index contributed by atoms with van der Waals surface area (Å²) in [6.07, 6.45) is 3.29. The van der Waals surface area contributed by atoms with Gasteiger partial charge in [-0.3, -0.25) is 4.98 Å². The fourth-order valence-corrected chi connectivity index (χ4v) is 5.03. The zero-order valence-electron chi connectivity index (χ0n) is 18.2. The molecule has 4 aromatic rings. The number of nitrogens with zero attached hydrogens (tertiary/aromatic N) is 1. The van der Waals surface area contributed by atoms with Gasteiger partial charge in [-0.15, -0.1) is 0 Å². The topological polar surface area (TPSA) is 91.3 Å². The third-order valence-electron chi connectivity index (χ3n) is 5.48. The van der Waals surface area contributed by atoms with E-state index in [4.69, 9.17) is 0 Å². The summed E-state index contributed by atoms with van der Waals surface area (Å²) in [4.78, 5) is 4.39. The van der Waals surface area contributed by atoms with E-state index in [9.17, 15) is 13.5 Å². The monoisotopic (exact) mass is 461 g/mol. The highest BCUT2D eigenvalue weighted by atomic mass is 32.2. The Balaban J connectivity index is 1.40. The number of pyridine rings is 1. The van der Waals surface area contributed by atoms with Gasteiger partial charge in [-0.05, 0) is 47.9 Å². The van der Waals surface area contributed by atoms with Gasteiger partial charge in [0.05, 0.1) is 11.0 Å². The van der Waals surface area contributed by atoms with Crippen molar-refractivity contribution in [2.75, 3.05) is 19.6 Å². The van der Waals surface area contributed by atoms with E-state index in [2.05, 4.69) is 15.0 Å². The Morgan fingerprint density at radius 1 is 0.848 bits per heavy atom. The van der Waals surface area contributed by atoms with Gasteiger partial charge in [-0.1, -0.05) is 60.7 Å². The molecular weight excluding hydrogens is 434 g/mol. The zero-order valence-corrected chi connectivity index (χ0v) is 19.0. The Hall–Kier alpha value is -3.10. The normalized spacial score (nSPS) is 12.6. The molecule has 0 aliphatic heterocycles. The molecule has 0 amide bonds. The van der Waals surface area contributed by atoms with Crippen LogP contribution < -0.4 is 10.0 Å². The third-order valence-corrected chi connectivity index (χ3v) is 6.99. The summed E-state index contributed by atoms with van der Waals surface area (Å²) in [5.41, 5.74) is 2.64. The fourth-order valence-electron chi connectivity index (χ4n) is 3.75. The van der Waals surface area contributed by atoms with Crippen LogP contribution in [-0.4, -0.2) is 38.1 Å². The number of rotatable bonds is 10. The fraction of sp³-hybridized carbons (Fsp3) is 0.192. The van der Waals surface area contributed by atoms with Gasteiger partial charge < -0.3 is 10.4 Å². The Kier molecular flexibility index (Phi) is 7.47. The van der Waals surface area contributed by atoms with Crippen LogP contribution in [0.4, 0.5) is 0 Å². The molecule has 0 saturated carbocycles. The summed E-state index contributed by atoms with van der Waals surface area (Å²) in [7, 11) is -3.73. The molecule has 170 valence electrons. The molecule has 0 bridgehead atoms. The lowest BCUT2D eigenvalue weighted by Crippen LogP contribution is -2.32. The molecule has 1 heterocycles. The first-order valence-electron chi connectivity index (χ1n) is 10.9. The van der Waals surface area contributed by atoms with Crippen molar-refractivity contribution in [1.82, 2.24) is 15.0 Å². The van der Waals surface area contributed by atoms with Gasteiger partial charge in [0.15, 0.2) is 0 Å². The first-order valence-corrected chi connectivity index (χ1v) is 12.4. The molecule has 3 aromatic carbocycles. The molecule has 0 fully saturated rings. The van der Waals surface area contributed by atoms with Crippen LogP contribution in [0.1, 0.15) is 18.1 Å². The molecule has 4 rings (SSSR count). The van der Waals surface area contributed by atoms with Crippen molar-refractivity contribution in [3.8, 4) is 11.1 Å². The smallest absolute Gasteiger partial charge is 0.241 e. The number of benzene rings is 3. The summed E-state index contributed by atoms with van der Waals surface area (Å²) in [5, 5.41) is 14.8. The molecule has 0 aliphatic carbocycles. The lowest BCUT2D eigenvalue weighted by molar-refractivity contribution is 0.167. The van der Waals surface area contributed by atoms with Crippen LogP contribution in [0, 0.1) is 0 Å². The molecule has 1 atom stereocenters. The second-order valence-electron chi connectivity index (χ2n) is 7.80. The van der Waals surface area contributed by atoms with Crippen LogP contribution in [0.3, 0.4) is 0 Å². The van der Waals surface area contributed by atoms with Crippen molar-refractivity contribution in [3.63, 3.8) is 0 Å². The first-order chi connectivity index (χ1) is 16.0. The molecular formula is C26H27N3O3S. The van der Waals surface area contributed by atoms with E-state index in [0.717, 1.165) is 22.1 Å². The van der Waals surface area contributed by atoms with Crippen LogP contribution in [0.5, 0.6) is 0 Å². The second kappa shape index (κ2) is 10.7. The van der Waals surface area contributed by atoms with Gasteiger partial charge >= 0.3 is 0 Å². The highest BCUT2D eigenvalue weighted by Gasteiger charge is 2.19. The minimum absolute atomic E-state index is 0.237. The maximum Gasteiger partial charge on any atom is 0.241 e. The van der Waals surface area contributed by atoms with E-state index < -0.39 is 16.1 Å². The van der Waals surface area contributed by atoms with Crippen molar-refractivity contribution in [2.45, 2.75) is 17.4 Å². The number of fused-ring (bicyclic) bond motifs is 1. The predicted molar refractivity (Wildman–Crippen MR) is 131 cm³/mol. The van der Waals surface area contributed by atoms with Gasteiger partial charge in [-0.25, -0.2) is 13.1 Å². The van der Waals surface area contributed by atoms with Crippen LogP contribution in [-0.2, 0) is 10.0 Å². The summed E-state index contributed by atoms with van der Waals surface area (Å²) < 4.78 is 29.0. The number of sulfonamides is 1. The molecule has 0 saturated heterocycles. The maximum atomic E-state index is 13.2. The lowest BCUT2D eigenvalue weighted by Gasteiger charge is -2.13. The van der Waals surface area contributed by atoms with Gasteiger partial charge in [0, 0.05) is 36.3 Å². The Morgan fingerprint density at radius 3 is 2.33 bits per heavy atom. The highest BCUT2D eigenvalue weighted by molar-refractivity contribution is 7.89. The van der Waals surface area contributed by atoms with E-state index in [1.54, 1.807) is 24.5 Å². The van der Waals surface area contributed by atoms with Crippen LogP contribution in [0.15, 0.2) is 96.2 Å². The van der Waals surface area contributed by atoms with Crippen LogP contribution in [0.25, 0.3) is 21.9 Å². The molecule has 7 heteroatoms. The Bertz CT molecular complexity index is 1300. The third kappa shape index (κ3) is 5.83. The van der Waals surface area contributed by atoms with Gasteiger partial charge in [0.25, 0.3) is 0 Å². The predicted octanol–water partition coefficient (Wildman–Crippen LogP) is 3.89. The van der Waals surface area contributed by atoms with Gasteiger partial charge in [-0.2, -0.15) is 0 Å². The maximum absolute atomic E-state index is 13.2. The number of hydrogen-bond donors (Lipinski definition) is 3. The lowest BCUT2D eigenvalue weighted by atomic mass is 10.0.